The lowest BCUT2D eigenvalue weighted by molar-refractivity contribution is 0.0398. The zero-order valence-corrected chi connectivity index (χ0v) is 17.1. The number of ether oxygens (including phenoxy) is 2. The Balaban J connectivity index is 1.65. The van der Waals surface area contributed by atoms with Gasteiger partial charge >= 0.3 is 6.01 Å². The van der Waals surface area contributed by atoms with Crippen molar-refractivity contribution >= 4 is 40.2 Å². The van der Waals surface area contributed by atoms with E-state index >= 15 is 0 Å². The van der Waals surface area contributed by atoms with Gasteiger partial charge < -0.3 is 20.1 Å². The molecule has 0 atom stereocenters. The summed E-state index contributed by atoms with van der Waals surface area (Å²) in [6.45, 7) is 7.21. The third-order valence-electron chi connectivity index (χ3n) is 4.05. The van der Waals surface area contributed by atoms with E-state index in [4.69, 9.17) is 9.47 Å². The number of anilines is 3. The highest BCUT2D eigenvalue weighted by atomic mass is 127. The number of hydrogen-bond acceptors (Lipinski definition) is 8. The number of nitrogens with one attached hydrogen (secondary N) is 2. The van der Waals surface area contributed by atoms with Crippen molar-refractivity contribution in [3.63, 3.8) is 0 Å². The van der Waals surface area contributed by atoms with Gasteiger partial charge in [-0.25, -0.2) is 0 Å². The Morgan fingerprint density at radius 3 is 2.69 bits per heavy atom. The predicted octanol–water partition coefficient (Wildman–Crippen LogP) is 2.28. The van der Waals surface area contributed by atoms with Gasteiger partial charge in [-0.05, 0) is 53.3 Å². The summed E-state index contributed by atoms with van der Waals surface area (Å²) in [5.74, 6) is 0.950. The van der Waals surface area contributed by atoms with Crippen molar-refractivity contribution in [2.45, 2.75) is 6.92 Å². The number of nitrogens with zero attached hydrogens (tertiary/aromatic N) is 4. The van der Waals surface area contributed by atoms with Crippen molar-refractivity contribution in [2.24, 2.45) is 0 Å². The van der Waals surface area contributed by atoms with Gasteiger partial charge in [0.05, 0.1) is 20.3 Å². The summed E-state index contributed by atoms with van der Waals surface area (Å²) >= 11 is 2.29. The maximum absolute atomic E-state index is 5.36. The molecular formula is C17H23IN6O2. The minimum Gasteiger partial charge on any atom is -0.467 e. The second-order valence-electron chi connectivity index (χ2n) is 5.93. The molecule has 0 radical (unpaired) electrons. The first-order valence-corrected chi connectivity index (χ1v) is 9.59. The van der Waals surface area contributed by atoms with Crippen molar-refractivity contribution in [1.29, 1.82) is 0 Å². The van der Waals surface area contributed by atoms with E-state index in [0.29, 0.717) is 11.9 Å². The molecule has 1 saturated heterocycles. The van der Waals surface area contributed by atoms with E-state index in [2.05, 4.69) is 59.1 Å². The first-order chi connectivity index (χ1) is 12.6. The lowest BCUT2D eigenvalue weighted by Gasteiger charge is -2.26. The molecule has 1 fully saturated rings. The Bertz CT molecular complexity index is 739. The molecule has 2 aromatic rings. The van der Waals surface area contributed by atoms with Crippen LogP contribution in [0.25, 0.3) is 0 Å². The second kappa shape index (κ2) is 9.28. The molecule has 26 heavy (non-hydrogen) atoms. The molecule has 0 bridgehead atoms. The summed E-state index contributed by atoms with van der Waals surface area (Å²) in [4.78, 5) is 15.4. The fraction of sp³-hybridized carbons (Fsp3) is 0.471. The molecule has 2 heterocycles. The van der Waals surface area contributed by atoms with Gasteiger partial charge in [0.1, 0.15) is 0 Å². The lowest BCUT2D eigenvalue weighted by Crippen LogP contribution is -2.39. The van der Waals surface area contributed by atoms with Gasteiger partial charge in [0, 0.05) is 35.4 Å². The molecule has 0 spiro atoms. The van der Waals surface area contributed by atoms with Crippen molar-refractivity contribution < 1.29 is 9.47 Å². The van der Waals surface area contributed by atoms with E-state index in [1.54, 1.807) is 7.11 Å². The first kappa shape index (κ1) is 19.1. The van der Waals surface area contributed by atoms with Gasteiger partial charge in [-0.1, -0.05) is 0 Å². The Kier molecular flexibility index (Phi) is 6.80. The highest BCUT2D eigenvalue weighted by Gasteiger charge is 2.11. The smallest absolute Gasteiger partial charge is 0.322 e. The van der Waals surface area contributed by atoms with Crippen LogP contribution in [0.5, 0.6) is 6.01 Å². The van der Waals surface area contributed by atoms with Gasteiger partial charge in [0.15, 0.2) is 0 Å². The number of benzene rings is 1. The molecule has 0 amide bonds. The summed E-state index contributed by atoms with van der Waals surface area (Å²) < 4.78 is 11.8. The number of aromatic nitrogens is 3. The number of halogens is 1. The zero-order chi connectivity index (χ0) is 18.4. The Morgan fingerprint density at radius 2 is 1.96 bits per heavy atom. The Labute approximate surface area is 166 Å². The molecular weight excluding hydrogens is 447 g/mol. The molecule has 0 aliphatic carbocycles. The number of hydrogen-bond donors (Lipinski definition) is 2. The zero-order valence-electron chi connectivity index (χ0n) is 15.0. The standard InChI is InChI=1S/C17H23IN6O2/c1-12-11-13(18)3-4-14(12)20-16-21-15(22-17(23-16)25-2)19-5-6-24-7-9-26-10-8-24/h3-4,11H,5-10H2,1-2H3,(H2,19,20,21,22,23). The van der Waals surface area contributed by atoms with Crippen LogP contribution in [0.1, 0.15) is 5.56 Å². The fourth-order valence-corrected chi connectivity index (χ4v) is 3.27. The summed E-state index contributed by atoms with van der Waals surface area (Å²) in [5.41, 5.74) is 2.08. The SMILES string of the molecule is COc1nc(NCCN2CCOCC2)nc(Nc2ccc(I)cc2C)n1. The molecule has 1 aliphatic heterocycles. The normalized spacial score (nSPS) is 14.9. The average molecular weight is 470 g/mol. The van der Waals surface area contributed by atoms with Crippen molar-refractivity contribution in [1.82, 2.24) is 19.9 Å². The van der Waals surface area contributed by atoms with Crippen molar-refractivity contribution in [3.8, 4) is 6.01 Å². The van der Waals surface area contributed by atoms with Crippen LogP contribution in [0.15, 0.2) is 18.2 Å². The van der Waals surface area contributed by atoms with Crippen LogP contribution in [0.2, 0.25) is 0 Å². The lowest BCUT2D eigenvalue weighted by atomic mass is 10.2. The van der Waals surface area contributed by atoms with E-state index < -0.39 is 0 Å². The molecule has 8 nitrogen and oxygen atoms in total. The van der Waals surface area contributed by atoms with E-state index in [1.807, 2.05) is 19.1 Å². The van der Waals surface area contributed by atoms with Crippen LogP contribution < -0.4 is 15.4 Å². The van der Waals surface area contributed by atoms with Gasteiger partial charge in [-0.2, -0.15) is 15.0 Å². The molecule has 1 aromatic heterocycles. The largest absolute Gasteiger partial charge is 0.467 e. The number of methoxy groups -OCH3 is 1. The van der Waals surface area contributed by atoms with Crippen LogP contribution in [-0.4, -0.2) is 66.4 Å². The summed E-state index contributed by atoms with van der Waals surface area (Å²) in [5, 5.41) is 6.49. The average Bonchev–Trinajstić information content (AvgIpc) is 2.65. The molecule has 1 aliphatic rings. The van der Waals surface area contributed by atoms with Gasteiger partial charge in [0.25, 0.3) is 0 Å². The van der Waals surface area contributed by atoms with Gasteiger partial charge in [0.2, 0.25) is 11.9 Å². The summed E-state index contributed by atoms with van der Waals surface area (Å²) in [6, 6.07) is 6.43. The monoisotopic (exact) mass is 470 g/mol. The number of aryl methyl sites for hydroxylation is 1. The van der Waals surface area contributed by atoms with Crippen LogP contribution in [-0.2, 0) is 4.74 Å². The Hall–Kier alpha value is -1.72. The van der Waals surface area contributed by atoms with Crippen molar-refractivity contribution in [3.05, 3.63) is 27.3 Å². The van der Waals surface area contributed by atoms with E-state index in [1.165, 1.54) is 3.57 Å². The van der Waals surface area contributed by atoms with Gasteiger partial charge in [-0.3, -0.25) is 4.90 Å². The highest BCUT2D eigenvalue weighted by molar-refractivity contribution is 14.1. The third-order valence-corrected chi connectivity index (χ3v) is 4.72. The molecule has 2 N–H and O–H groups in total. The fourth-order valence-electron chi connectivity index (χ4n) is 2.62. The number of rotatable bonds is 7. The highest BCUT2D eigenvalue weighted by Crippen LogP contribution is 2.22. The maximum Gasteiger partial charge on any atom is 0.322 e. The molecule has 0 unspecified atom stereocenters. The molecule has 0 saturated carbocycles. The van der Waals surface area contributed by atoms with Crippen molar-refractivity contribution in [2.75, 3.05) is 57.1 Å². The number of morpholine rings is 1. The first-order valence-electron chi connectivity index (χ1n) is 8.51. The van der Waals surface area contributed by atoms with Gasteiger partial charge in [-0.15, -0.1) is 0 Å². The topological polar surface area (TPSA) is 84.4 Å². The van der Waals surface area contributed by atoms with Crippen LogP contribution in [0.4, 0.5) is 17.6 Å². The molecule has 140 valence electrons. The quantitative estimate of drug-likeness (QED) is 0.597. The second-order valence-corrected chi connectivity index (χ2v) is 7.18. The van der Waals surface area contributed by atoms with Crippen LogP contribution >= 0.6 is 22.6 Å². The summed E-state index contributed by atoms with van der Waals surface area (Å²) in [6.07, 6.45) is 0. The van der Waals surface area contributed by atoms with Crippen LogP contribution in [0.3, 0.4) is 0 Å². The predicted molar refractivity (Wildman–Crippen MR) is 109 cm³/mol. The van der Waals surface area contributed by atoms with E-state index in [0.717, 1.165) is 50.6 Å². The molecule has 9 heteroatoms. The maximum atomic E-state index is 5.36. The Morgan fingerprint density at radius 1 is 1.19 bits per heavy atom. The van der Waals surface area contributed by atoms with E-state index in [9.17, 15) is 0 Å². The van der Waals surface area contributed by atoms with Crippen LogP contribution in [0, 0.1) is 10.5 Å². The van der Waals surface area contributed by atoms with E-state index in [-0.39, 0.29) is 6.01 Å². The summed E-state index contributed by atoms with van der Waals surface area (Å²) in [7, 11) is 1.55. The molecule has 3 rings (SSSR count). The third kappa shape index (κ3) is 5.39. The minimum atomic E-state index is 0.277. The molecule has 1 aromatic carbocycles. The minimum absolute atomic E-state index is 0.277.